The third-order valence-corrected chi connectivity index (χ3v) is 4.51. The zero-order valence-corrected chi connectivity index (χ0v) is 11.9. The summed E-state index contributed by atoms with van der Waals surface area (Å²) in [7, 11) is -3.54. The van der Waals surface area contributed by atoms with Gasteiger partial charge < -0.3 is 9.84 Å². The Morgan fingerprint density at radius 2 is 2.05 bits per heavy atom. The van der Waals surface area contributed by atoms with E-state index in [0.29, 0.717) is 6.61 Å². The molecule has 1 heterocycles. The number of rotatable bonds is 5. The number of aliphatic carboxylic acids is 1. The largest absolute Gasteiger partial charge is 0.480 e. The van der Waals surface area contributed by atoms with Gasteiger partial charge in [-0.05, 0) is 5.56 Å². The van der Waals surface area contributed by atoms with Gasteiger partial charge in [0.05, 0.1) is 19.0 Å². The minimum atomic E-state index is -3.54. The lowest BCUT2D eigenvalue weighted by Gasteiger charge is -2.17. The van der Waals surface area contributed by atoms with E-state index in [2.05, 4.69) is 0 Å². The third-order valence-electron chi connectivity index (χ3n) is 3.26. The topological polar surface area (TPSA) is 83.9 Å². The molecule has 0 saturated carbocycles. The molecule has 1 fully saturated rings. The van der Waals surface area contributed by atoms with Crippen LogP contribution in [0.2, 0.25) is 0 Å². The lowest BCUT2D eigenvalue weighted by Crippen LogP contribution is -2.39. The molecule has 1 aliphatic heterocycles. The van der Waals surface area contributed by atoms with Crippen molar-refractivity contribution >= 4 is 16.0 Å². The van der Waals surface area contributed by atoms with Crippen molar-refractivity contribution in [3.63, 3.8) is 0 Å². The molecule has 0 spiro atoms. The highest BCUT2D eigenvalue weighted by Crippen LogP contribution is 2.24. The second-order valence-electron chi connectivity index (χ2n) is 4.84. The first kappa shape index (κ1) is 15.0. The van der Waals surface area contributed by atoms with Crippen LogP contribution in [-0.2, 0) is 26.2 Å². The Hall–Kier alpha value is -1.44. The van der Waals surface area contributed by atoms with Crippen LogP contribution in [0.25, 0.3) is 0 Å². The van der Waals surface area contributed by atoms with Crippen LogP contribution in [0, 0.1) is 0 Å². The standard InChI is InChI=1S/C13H17NO5S/c1-20(17,18)14-8-11(7-12(14)13(15)16)19-9-10-5-3-2-4-6-10/h2-6,11-12H,7-9H2,1H3,(H,15,16)/t11-,12+/m1/s1. The van der Waals surface area contributed by atoms with Crippen LogP contribution in [0.15, 0.2) is 30.3 Å². The summed E-state index contributed by atoms with van der Waals surface area (Å²) in [6.07, 6.45) is 0.795. The van der Waals surface area contributed by atoms with Gasteiger partial charge in [-0.2, -0.15) is 4.31 Å². The van der Waals surface area contributed by atoms with Gasteiger partial charge in [0.1, 0.15) is 6.04 Å². The molecule has 0 aliphatic carbocycles. The Labute approximate surface area is 118 Å². The van der Waals surface area contributed by atoms with Gasteiger partial charge >= 0.3 is 5.97 Å². The van der Waals surface area contributed by atoms with Crippen molar-refractivity contribution in [2.45, 2.75) is 25.2 Å². The molecule has 1 N–H and O–H groups in total. The predicted octanol–water partition coefficient (Wildman–Crippen LogP) is 0.690. The average molecular weight is 299 g/mol. The molecule has 6 nitrogen and oxygen atoms in total. The number of carbonyl (C=O) groups is 1. The van der Waals surface area contributed by atoms with Crippen molar-refractivity contribution in [2.24, 2.45) is 0 Å². The Bertz CT molecular complexity index is 572. The van der Waals surface area contributed by atoms with Crippen molar-refractivity contribution in [2.75, 3.05) is 12.8 Å². The van der Waals surface area contributed by atoms with Crippen LogP contribution in [0.3, 0.4) is 0 Å². The Morgan fingerprint density at radius 1 is 1.40 bits per heavy atom. The molecule has 2 rings (SSSR count). The lowest BCUT2D eigenvalue weighted by molar-refractivity contribution is -0.140. The molecular formula is C13H17NO5S. The van der Waals surface area contributed by atoms with Gasteiger partial charge in [0.15, 0.2) is 0 Å². The lowest BCUT2D eigenvalue weighted by atomic mass is 10.2. The van der Waals surface area contributed by atoms with Gasteiger partial charge in [-0.1, -0.05) is 30.3 Å². The molecule has 1 aromatic carbocycles. The Balaban J connectivity index is 2.00. The maximum Gasteiger partial charge on any atom is 0.322 e. The molecule has 2 atom stereocenters. The summed E-state index contributed by atoms with van der Waals surface area (Å²) < 4.78 is 29.8. The number of ether oxygens (including phenoxy) is 1. The molecule has 0 unspecified atom stereocenters. The Morgan fingerprint density at radius 3 is 2.55 bits per heavy atom. The Kier molecular flexibility index (Phi) is 4.42. The summed E-state index contributed by atoms with van der Waals surface area (Å²) in [5.41, 5.74) is 0.970. The molecule has 1 saturated heterocycles. The first-order chi connectivity index (χ1) is 9.38. The highest BCUT2D eigenvalue weighted by Gasteiger charge is 2.42. The van der Waals surface area contributed by atoms with E-state index in [1.807, 2.05) is 30.3 Å². The number of carboxylic acid groups (broad SMARTS) is 1. The molecule has 1 aromatic rings. The average Bonchev–Trinajstić information content (AvgIpc) is 2.82. The molecule has 0 radical (unpaired) electrons. The highest BCUT2D eigenvalue weighted by molar-refractivity contribution is 7.88. The van der Waals surface area contributed by atoms with E-state index in [9.17, 15) is 13.2 Å². The predicted molar refractivity (Wildman–Crippen MR) is 72.6 cm³/mol. The van der Waals surface area contributed by atoms with E-state index in [1.165, 1.54) is 0 Å². The summed E-state index contributed by atoms with van der Waals surface area (Å²) in [5.74, 6) is -1.14. The molecule has 110 valence electrons. The zero-order chi connectivity index (χ0) is 14.8. The molecule has 0 aromatic heterocycles. The van der Waals surface area contributed by atoms with E-state index in [0.717, 1.165) is 16.1 Å². The molecular weight excluding hydrogens is 282 g/mol. The van der Waals surface area contributed by atoms with Gasteiger partial charge in [0.25, 0.3) is 0 Å². The van der Waals surface area contributed by atoms with Crippen molar-refractivity contribution in [3.05, 3.63) is 35.9 Å². The molecule has 20 heavy (non-hydrogen) atoms. The number of benzene rings is 1. The summed E-state index contributed by atoms with van der Waals surface area (Å²) in [6, 6.07) is 8.43. The number of hydrogen-bond donors (Lipinski definition) is 1. The van der Waals surface area contributed by atoms with E-state index in [1.54, 1.807) is 0 Å². The maximum absolute atomic E-state index is 11.6. The van der Waals surface area contributed by atoms with Crippen LogP contribution >= 0.6 is 0 Å². The SMILES string of the molecule is CS(=O)(=O)N1C[C@H](OCc2ccccc2)C[C@H]1C(=O)O. The van der Waals surface area contributed by atoms with Crippen molar-refractivity contribution in [1.29, 1.82) is 0 Å². The first-order valence-electron chi connectivity index (χ1n) is 6.23. The molecule has 0 amide bonds. The van der Waals surface area contributed by atoms with Crippen molar-refractivity contribution in [1.82, 2.24) is 4.31 Å². The molecule has 7 heteroatoms. The minimum absolute atomic E-state index is 0.0859. The minimum Gasteiger partial charge on any atom is -0.480 e. The van der Waals surface area contributed by atoms with Gasteiger partial charge in [0.2, 0.25) is 10.0 Å². The van der Waals surface area contributed by atoms with E-state index >= 15 is 0 Å². The maximum atomic E-state index is 11.6. The summed E-state index contributed by atoms with van der Waals surface area (Å²) in [5, 5.41) is 9.09. The third kappa shape index (κ3) is 3.56. The van der Waals surface area contributed by atoms with Crippen molar-refractivity contribution < 1.29 is 23.1 Å². The summed E-state index contributed by atoms with van der Waals surface area (Å²) >= 11 is 0. The van der Waals surface area contributed by atoms with Gasteiger partial charge in [-0.15, -0.1) is 0 Å². The van der Waals surface area contributed by atoms with E-state index in [-0.39, 0.29) is 13.0 Å². The summed E-state index contributed by atoms with van der Waals surface area (Å²) in [4.78, 5) is 11.1. The second-order valence-corrected chi connectivity index (χ2v) is 6.78. The van der Waals surface area contributed by atoms with Gasteiger partial charge in [0, 0.05) is 13.0 Å². The van der Waals surface area contributed by atoms with Crippen LogP contribution < -0.4 is 0 Å². The fourth-order valence-electron chi connectivity index (χ4n) is 2.27. The van der Waals surface area contributed by atoms with E-state index < -0.39 is 28.1 Å². The molecule has 0 bridgehead atoms. The zero-order valence-electron chi connectivity index (χ0n) is 11.1. The number of nitrogens with zero attached hydrogens (tertiary/aromatic N) is 1. The normalized spacial score (nSPS) is 23.9. The van der Waals surface area contributed by atoms with Crippen LogP contribution in [0.5, 0.6) is 0 Å². The highest BCUT2D eigenvalue weighted by atomic mass is 32.2. The fourth-order valence-corrected chi connectivity index (χ4v) is 3.34. The van der Waals surface area contributed by atoms with Crippen molar-refractivity contribution in [3.8, 4) is 0 Å². The quantitative estimate of drug-likeness (QED) is 0.865. The van der Waals surface area contributed by atoms with Crippen LogP contribution in [0.4, 0.5) is 0 Å². The molecule has 1 aliphatic rings. The number of hydrogen-bond acceptors (Lipinski definition) is 4. The fraction of sp³-hybridized carbons (Fsp3) is 0.462. The number of carboxylic acids is 1. The summed E-state index contributed by atoms with van der Waals surface area (Å²) in [6.45, 7) is 0.429. The monoisotopic (exact) mass is 299 g/mol. The number of sulfonamides is 1. The van der Waals surface area contributed by atoms with Crippen LogP contribution in [-0.4, -0.2) is 48.7 Å². The smallest absolute Gasteiger partial charge is 0.322 e. The van der Waals surface area contributed by atoms with Gasteiger partial charge in [-0.25, -0.2) is 8.42 Å². The van der Waals surface area contributed by atoms with E-state index in [4.69, 9.17) is 9.84 Å². The first-order valence-corrected chi connectivity index (χ1v) is 8.08. The van der Waals surface area contributed by atoms with Gasteiger partial charge in [-0.3, -0.25) is 4.79 Å². The van der Waals surface area contributed by atoms with Crippen LogP contribution in [0.1, 0.15) is 12.0 Å². The second kappa shape index (κ2) is 5.90.